The van der Waals surface area contributed by atoms with Gasteiger partial charge in [0.05, 0.1) is 0 Å². The zero-order chi connectivity index (χ0) is 15.3. The highest BCUT2D eigenvalue weighted by molar-refractivity contribution is 5.95. The molecule has 0 fully saturated rings. The second kappa shape index (κ2) is 6.83. The molecule has 0 spiro atoms. The normalized spacial score (nSPS) is 12.1. The van der Waals surface area contributed by atoms with Crippen molar-refractivity contribution >= 4 is 17.8 Å². The smallest absolute Gasteiger partial charge is 0.326 e. The lowest BCUT2D eigenvalue weighted by molar-refractivity contribution is -0.139. The van der Waals surface area contributed by atoms with Crippen molar-refractivity contribution in [3.63, 3.8) is 0 Å². The molecule has 0 saturated carbocycles. The molecule has 0 radical (unpaired) electrons. The standard InChI is InChI=1S/C13H20N4O3/c1-7(2)5-10(12(19)20)16-11(18)9-6-8(3)15-13(14-4)17-9/h6-7,10H,5H2,1-4H3,(H,16,18)(H,19,20)(H,14,15,17)/t10-/m1/s1. The van der Waals surface area contributed by atoms with Crippen molar-refractivity contribution < 1.29 is 14.7 Å². The molecule has 0 aliphatic carbocycles. The molecule has 110 valence electrons. The minimum absolute atomic E-state index is 0.150. The van der Waals surface area contributed by atoms with Gasteiger partial charge in [-0.3, -0.25) is 4.79 Å². The van der Waals surface area contributed by atoms with Gasteiger partial charge in [0.15, 0.2) is 0 Å². The number of nitrogens with zero attached hydrogens (tertiary/aromatic N) is 2. The summed E-state index contributed by atoms with van der Waals surface area (Å²) in [6.45, 7) is 5.54. The number of anilines is 1. The topological polar surface area (TPSA) is 104 Å². The zero-order valence-electron chi connectivity index (χ0n) is 12.1. The van der Waals surface area contributed by atoms with Gasteiger partial charge in [0.25, 0.3) is 5.91 Å². The molecule has 0 bridgehead atoms. The molecule has 7 heteroatoms. The third-order valence-corrected chi connectivity index (χ3v) is 2.62. The molecule has 0 unspecified atom stereocenters. The van der Waals surface area contributed by atoms with E-state index in [4.69, 9.17) is 5.11 Å². The van der Waals surface area contributed by atoms with Gasteiger partial charge in [-0.05, 0) is 25.3 Å². The molecule has 1 aromatic heterocycles. The number of rotatable bonds is 6. The van der Waals surface area contributed by atoms with E-state index in [9.17, 15) is 9.59 Å². The van der Waals surface area contributed by atoms with Crippen molar-refractivity contribution in [2.75, 3.05) is 12.4 Å². The molecular weight excluding hydrogens is 260 g/mol. The molecule has 0 aliphatic heterocycles. The fraction of sp³-hybridized carbons (Fsp3) is 0.538. The van der Waals surface area contributed by atoms with Crippen LogP contribution in [0.5, 0.6) is 0 Å². The Morgan fingerprint density at radius 1 is 1.35 bits per heavy atom. The van der Waals surface area contributed by atoms with Gasteiger partial charge in [-0.2, -0.15) is 0 Å². The van der Waals surface area contributed by atoms with Crippen molar-refractivity contribution in [1.29, 1.82) is 0 Å². The number of hydrogen-bond acceptors (Lipinski definition) is 5. The maximum Gasteiger partial charge on any atom is 0.326 e. The molecule has 1 aromatic rings. The Hall–Kier alpha value is -2.18. The first kappa shape index (κ1) is 15.9. The second-order valence-corrected chi connectivity index (χ2v) is 4.96. The monoisotopic (exact) mass is 280 g/mol. The molecule has 0 aromatic carbocycles. The molecule has 20 heavy (non-hydrogen) atoms. The van der Waals surface area contributed by atoms with Crippen molar-refractivity contribution in [2.24, 2.45) is 5.92 Å². The highest BCUT2D eigenvalue weighted by atomic mass is 16.4. The van der Waals surface area contributed by atoms with Crippen molar-refractivity contribution in [1.82, 2.24) is 15.3 Å². The maximum atomic E-state index is 12.1. The van der Waals surface area contributed by atoms with Gasteiger partial charge >= 0.3 is 5.97 Å². The number of carboxylic acid groups (broad SMARTS) is 1. The van der Waals surface area contributed by atoms with E-state index in [0.717, 1.165) is 0 Å². The van der Waals surface area contributed by atoms with E-state index in [1.165, 1.54) is 6.07 Å². The number of carboxylic acids is 1. The van der Waals surface area contributed by atoms with E-state index in [1.54, 1.807) is 14.0 Å². The lowest BCUT2D eigenvalue weighted by atomic mass is 10.0. The first-order valence-electron chi connectivity index (χ1n) is 6.40. The zero-order valence-corrected chi connectivity index (χ0v) is 12.1. The van der Waals surface area contributed by atoms with Crippen LogP contribution in [0.2, 0.25) is 0 Å². The number of hydrogen-bond donors (Lipinski definition) is 3. The van der Waals surface area contributed by atoms with Crippen molar-refractivity contribution in [3.8, 4) is 0 Å². The van der Waals surface area contributed by atoms with Crippen LogP contribution in [-0.4, -0.2) is 40.0 Å². The van der Waals surface area contributed by atoms with Crippen molar-refractivity contribution in [3.05, 3.63) is 17.5 Å². The SMILES string of the molecule is CNc1nc(C)cc(C(=O)N[C@H](CC(C)C)C(=O)O)n1. The van der Waals surface area contributed by atoms with E-state index in [0.29, 0.717) is 18.1 Å². The van der Waals surface area contributed by atoms with E-state index >= 15 is 0 Å². The van der Waals surface area contributed by atoms with Crippen LogP contribution in [0.1, 0.15) is 36.5 Å². The van der Waals surface area contributed by atoms with Gasteiger partial charge in [-0.15, -0.1) is 0 Å². The molecule has 1 heterocycles. The van der Waals surface area contributed by atoms with Crippen LogP contribution in [0.15, 0.2) is 6.07 Å². The van der Waals surface area contributed by atoms with Crippen LogP contribution in [0.25, 0.3) is 0 Å². The molecule has 0 aliphatic rings. The summed E-state index contributed by atoms with van der Waals surface area (Å²) in [4.78, 5) is 31.3. The largest absolute Gasteiger partial charge is 0.480 e. The van der Waals surface area contributed by atoms with Crippen molar-refractivity contribution in [2.45, 2.75) is 33.2 Å². The Morgan fingerprint density at radius 3 is 2.50 bits per heavy atom. The summed E-state index contributed by atoms with van der Waals surface area (Å²) >= 11 is 0. The first-order chi connectivity index (χ1) is 9.33. The molecule has 7 nitrogen and oxygen atoms in total. The summed E-state index contributed by atoms with van der Waals surface area (Å²) in [6.07, 6.45) is 0.365. The van der Waals surface area contributed by atoms with Gasteiger partial charge in [-0.25, -0.2) is 14.8 Å². The fourth-order valence-electron chi connectivity index (χ4n) is 1.72. The molecule has 1 atom stereocenters. The Labute approximate surface area is 117 Å². The number of nitrogens with one attached hydrogen (secondary N) is 2. The molecule has 1 rings (SSSR count). The Morgan fingerprint density at radius 2 is 2.00 bits per heavy atom. The summed E-state index contributed by atoms with van der Waals surface area (Å²) in [7, 11) is 1.65. The lowest BCUT2D eigenvalue weighted by Crippen LogP contribution is -2.42. The summed E-state index contributed by atoms with van der Waals surface area (Å²) < 4.78 is 0. The van der Waals surface area contributed by atoms with E-state index in [2.05, 4.69) is 20.6 Å². The number of carbonyl (C=O) groups excluding carboxylic acids is 1. The highest BCUT2D eigenvalue weighted by Crippen LogP contribution is 2.08. The van der Waals surface area contributed by atoms with Crippen LogP contribution in [-0.2, 0) is 4.79 Å². The van der Waals surface area contributed by atoms with Gasteiger partial charge in [-0.1, -0.05) is 13.8 Å². The summed E-state index contributed by atoms with van der Waals surface area (Å²) in [5.74, 6) is -1.07. The predicted octanol–water partition coefficient (Wildman–Crippen LogP) is 1.06. The quantitative estimate of drug-likeness (QED) is 0.719. The van der Waals surface area contributed by atoms with Gasteiger partial charge < -0.3 is 15.7 Å². The average Bonchev–Trinajstić information content (AvgIpc) is 2.36. The second-order valence-electron chi connectivity index (χ2n) is 4.96. The third-order valence-electron chi connectivity index (χ3n) is 2.62. The third kappa shape index (κ3) is 4.49. The molecule has 3 N–H and O–H groups in total. The van der Waals surface area contributed by atoms with Crippen LogP contribution < -0.4 is 10.6 Å². The summed E-state index contributed by atoms with van der Waals surface area (Å²) in [6, 6.07) is 0.598. The van der Waals surface area contributed by atoms with E-state index in [1.807, 2.05) is 13.8 Å². The van der Waals surface area contributed by atoms with Gasteiger partial charge in [0, 0.05) is 12.7 Å². The van der Waals surface area contributed by atoms with Gasteiger partial charge in [0.1, 0.15) is 11.7 Å². The Bertz CT molecular complexity index is 502. The Kier molecular flexibility index (Phi) is 5.42. The number of aliphatic carboxylic acids is 1. The fourth-order valence-corrected chi connectivity index (χ4v) is 1.72. The molecule has 0 saturated heterocycles. The average molecular weight is 280 g/mol. The molecular formula is C13H20N4O3. The number of amides is 1. The number of aromatic nitrogens is 2. The minimum Gasteiger partial charge on any atom is -0.480 e. The minimum atomic E-state index is -1.05. The predicted molar refractivity (Wildman–Crippen MR) is 74.7 cm³/mol. The maximum absolute atomic E-state index is 12.1. The van der Waals surface area contributed by atoms with Gasteiger partial charge in [0.2, 0.25) is 5.95 Å². The molecule has 1 amide bonds. The van der Waals surface area contributed by atoms with Crippen LogP contribution >= 0.6 is 0 Å². The number of carbonyl (C=O) groups is 2. The highest BCUT2D eigenvalue weighted by Gasteiger charge is 2.22. The Balaban J connectivity index is 2.88. The lowest BCUT2D eigenvalue weighted by Gasteiger charge is -2.16. The summed E-state index contributed by atoms with van der Waals surface area (Å²) in [5, 5.41) is 14.4. The van der Waals surface area contributed by atoms with Crippen LogP contribution in [0.3, 0.4) is 0 Å². The van der Waals surface area contributed by atoms with Crippen LogP contribution in [0.4, 0.5) is 5.95 Å². The summed E-state index contributed by atoms with van der Waals surface area (Å²) in [5.41, 5.74) is 0.780. The van der Waals surface area contributed by atoms with E-state index < -0.39 is 17.9 Å². The first-order valence-corrected chi connectivity index (χ1v) is 6.40. The van der Waals surface area contributed by atoms with E-state index in [-0.39, 0.29) is 11.6 Å². The van der Waals surface area contributed by atoms with Crippen LogP contribution in [0, 0.1) is 12.8 Å². The number of aryl methyl sites for hydroxylation is 1.